The maximum absolute atomic E-state index is 9.08. The molecule has 2 aromatic rings. The smallest absolute Gasteiger partial charge is 0.328 e. The highest BCUT2D eigenvalue weighted by Crippen LogP contribution is 2.24. The maximum atomic E-state index is 9.08. The van der Waals surface area contributed by atoms with Crippen LogP contribution in [0.3, 0.4) is 0 Å². The fourth-order valence-electron chi connectivity index (χ4n) is 1.68. The molecule has 0 fully saturated rings. The van der Waals surface area contributed by atoms with Crippen molar-refractivity contribution in [3.05, 3.63) is 29.8 Å². The van der Waals surface area contributed by atoms with Crippen molar-refractivity contribution >= 4 is 11.9 Å². The van der Waals surface area contributed by atoms with E-state index in [1.165, 1.54) is 0 Å². The lowest BCUT2D eigenvalue weighted by atomic mass is 10.1. The molecule has 0 aliphatic carbocycles. The quantitative estimate of drug-likeness (QED) is 0.522. The van der Waals surface area contributed by atoms with Crippen LogP contribution in [-0.2, 0) is 6.42 Å². The van der Waals surface area contributed by atoms with Gasteiger partial charge in [-0.05, 0) is 18.1 Å². The zero-order valence-electron chi connectivity index (χ0n) is 11.9. The number of anilines is 2. The number of hydrogen-bond acceptors (Lipinski definition) is 8. The van der Waals surface area contributed by atoms with Crippen molar-refractivity contribution in [3.8, 4) is 11.8 Å². The summed E-state index contributed by atoms with van der Waals surface area (Å²) in [5.74, 6) is 6.57. The van der Waals surface area contributed by atoms with Gasteiger partial charge in [0, 0.05) is 20.7 Å². The molecule has 0 saturated carbocycles. The number of nitrogens with one attached hydrogen (secondary N) is 1. The van der Waals surface area contributed by atoms with Crippen LogP contribution in [0.1, 0.15) is 5.56 Å². The van der Waals surface area contributed by atoms with Crippen molar-refractivity contribution in [3.63, 3.8) is 0 Å². The average Bonchev–Trinajstić information content (AvgIpc) is 2.49. The Balaban J connectivity index is 2.32. The van der Waals surface area contributed by atoms with E-state index in [0.717, 1.165) is 5.56 Å². The van der Waals surface area contributed by atoms with Crippen LogP contribution in [0, 0.1) is 0 Å². The van der Waals surface area contributed by atoms with Gasteiger partial charge in [0.1, 0.15) is 5.75 Å². The van der Waals surface area contributed by atoms with Crippen LogP contribution in [0.25, 0.3) is 0 Å². The van der Waals surface area contributed by atoms with Crippen LogP contribution in [0.4, 0.5) is 11.9 Å². The van der Waals surface area contributed by atoms with Gasteiger partial charge in [-0.3, -0.25) is 5.43 Å². The minimum atomic E-state index is 0.0378. The molecule has 1 aromatic heterocycles. The zero-order valence-corrected chi connectivity index (χ0v) is 11.9. The van der Waals surface area contributed by atoms with E-state index in [2.05, 4.69) is 20.4 Å². The molecule has 0 amide bonds. The number of hydrogen-bond donors (Lipinski definition) is 3. The van der Waals surface area contributed by atoms with Gasteiger partial charge in [0.25, 0.3) is 0 Å². The highest BCUT2D eigenvalue weighted by atomic mass is 16.5. The summed E-state index contributed by atoms with van der Waals surface area (Å²) >= 11 is 0. The standard InChI is InChI=1S/C13H18N6O2/c1-19(2)12-15-11(18-14)16-13(17-12)21-10-6-4-3-5-9(10)7-8-20/h3-6,20H,7-8,14H2,1-2H3,(H,15,16,17,18). The Labute approximate surface area is 122 Å². The topological polar surface area (TPSA) is 109 Å². The van der Waals surface area contributed by atoms with E-state index in [4.69, 9.17) is 15.7 Å². The number of benzene rings is 1. The van der Waals surface area contributed by atoms with Crippen molar-refractivity contribution in [1.29, 1.82) is 0 Å². The maximum Gasteiger partial charge on any atom is 0.328 e. The van der Waals surface area contributed by atoms with Gasteiger partial charge in [-0.15, -0.1) is 0 Å². The Hall–Kier alpha value is -2.45. The van der Waals surface area contributed by atoms with E-state index in [1.807, 2.05) is 18.2 Å². The largest absolute Gasteiger partial charge is 0.424 e. The first-order valence-electron chi connectivity index (χ1n) is 6.40. The van der Waals surface area contributed by atoms with Gasteiger partial charge in [0.05, 0.1) is 0 Å². The monoisotopic (exact) mass is 290 g/mol. The lowest BCUT2D eigenvalue weighted by Crippen LogP contribution is -2.17. The van der Waals surface area contributed by atoms with E-state index in [0.29, 0.717) is 18.1 Å². The Morgan fingerprint density at radius 1 is 1.24 bits per heavy atom. The molecule has 8 heteroatoms. The number of nitrogens with zero attached hydrogens (tertiary/aromatic N) is 4. The minimum absolute atomic E-state index is 0.0378. The summed E-state index contributed by atoms with van der Waals surface area (Å²) in [7, 11) is 3.61. The summed E-state index contributed by atoms with van der Waals surface area (Å²) in [6.07, 6.45) is 0.490. The van der Waals surface area contributed by atoms with Gasteiger partial charge in [-0.1, -0.05) is 18.2 Å². The highest BCUT2D eigenvalue weighted by molar-refractivity contribution is 5.39. The number of hydrazine groups is 1. The van der Waals surface area contributed by atoms with Crippen LogP contribution >= 0.6 is 0 Å². The molecule has 0 atom stereocenters. The molecule has 2 rings (SSSR count). The third-order valence-corrected chi connectivity index (χ3v) is 2.69. The van der Waals surface area contributed by atoms with Gasteiger partial charge < -0.3 is 14.7 Å². The molecule has 112 valence electrons. The van der Waals surface area contributed by atoms with Gasteiger partial charge in [0.15, 0.2) is 0 Å². The van der Waals surface area contributed by atoms with Crippen LogP contribution in [-0.4, -0.2) is 40.8 Å². The lowest BCUT2D eigenvalue weighted by molar-refractivity contribution is 0.297. The molecule has 0 saturated heterocycles. The summed E-state index contributed by atoms with van der Waals surface area (Å²) in [6, 6.07) is 7.52. The van der Waals surface area contributed by atoms with Crippen LogP contribution in [0.2, 0.25) is 0 Å². The molecule has 4 N–H and O–H groups in total. The summed E-state index contributed by atoms with van der Waals surface area (Å²) in [5.41, 5.74) is 3.25. The Morgan fingerprint density at radius 3 is 2.67 bits per heavy atom. The van der Waals surface area contributed by atoms with Crippen molar-refractivity contribution < 1.29 is 9.84 Å². The summed E-state index contributed by atoms with van der Waals surface area (Å²) in [6.45, 7) is 0.0378. The predicted octanol–water partition coefficient (Wildman–Crippen LogP) is 0.550. The number of aliphatic hydroxyl groups excluding tert-OH is 1. The molecule has 0 unspecified atom stereocenters. The first kappa shape index (κ1) is 14.9. The minimum Gasteiger partial charge on any atom is -0.424 e. The number of nitrogens with two attached hydrogens (primary N) is 1. The van der Waals surface area contributed by atoms with Crippen molar-refractivity contribution in [2.24, 2.45) is 5.84 Å². The van der Waals surface area contributed by atoms with E-state index in [1.54, 1.807) is 25.1 Å². The number of aliphatic hydroxyl groups is 1. The normalized spacial score (nSPS) is 10.3. The van der Waals surface area contributed by atoms with E-state index >= 15 is 0 Å². The summed E-state index contributed by atoms with van der Waals surface area (Å²) < 4.78 is 5.70. The van der Waals surface area contributed by atoms with E-state index < -0.39 is 0 Å². The van der Waals surface area contributed by atoms with Gasteiger partial charge in [-0.2, -0.15) is 15.0 Å². The van der Waals surface area contributed by atoms with Crippen LogP contribution in [0.15, 0.2) is 24.3 Å². The molecule has 0 aliphatic heterocycles. The fraction of sp³-hybridized carbons (Fsp3) is 0.308. The summed E-state index contributed by atoms with van der Waals surface area (Å²) in [4.78, 5) is 14.1. The van der Waals surface area contributed by atoms with Crippen LogP contribution < -0.4 is 20.9 Å². The molecule has 0 bridgehead atoms. The first-order chi connectivity index (χ1) is 10.1. The predicted molar refractivity (Wildman–Crippen MR) is 79.3 cm³/mol. The number of nitrogen functional groups attached to an aromatic ring is 1. The zero-order chi connectivity index (χ0) is 15.2. The van der Waals surface area contributed by atoms with Gasteiger partial charge >= 0.3 is 6.01 Å². The average molecular weight is 290 g/mol. The molecule has 21 heavy (non-hydrogen) atoms. The number of aromatic nitrogens is 3. The molecule has 1 heterocycles. The molecule has 1 aromatic carbocycles. The fourth-order valence-corrected chi connectivity index (χ4v) is 1.68. The highest BCUT2D eigenvalue weighted by Gasteiger charge is 2.11. The molecule has 8 nitrogen and oxygen atoms in total. The molecule has 0 spiro atoms. The van der Waals surface area contributed by atoms with Gasteiger partial charge in [0.2, 0.25) is 11.9 Å². The molecule has 0 radical (unpaired) electrons. The molecule has 0 aliphatic rings. The Kier molecular flexibility index (Phi) is 4.85. The third-order valence-electron chi connectivity index (χ3n) is 2.69. The Bertz CT molecular complexity index is 605. The number of ether oxygens (including phenoxy) is 1. The van der Waals surface area contributed by atoms with E-state index in [-0.39, 0.29) is 18.6 Å². The van der Waals surface area contributed by atoms with E-state index in [9.17, 15) is 0 Å². The number of para-hydroxylation sites is 1. The van der Waals surface area contributed by atoms with Crippen molar-refractivity contribution in [2.45, 2.75) is 6.42 Å². The first-order valence-corrected chi connectivity index (χ1v) is 6.40. The molecular formula is C13H18N6O2. The van der Waals surface area contributed by atoms with Gasteiger partial charge in [-0.25, -0.2) is 5.84 Å². The van der Waals surface area contributed by atoms with Crippen molar-refractivity contribution in [1.82, 2.24) is 15.0 Å². The second-order valence-corrected chi connectivity index (χ2v) is 4.46. The Morgan fingerprint density at radius 2 is 2.00 bits per heavy atom. The number of rotatable bonds is 6. The summed E-state index contributed by atoms with van der Waals surface area (Å²) in [5, 5.41) is 9.08. The lowest BCUT2D eigenvalue weighted by Gasteiger charge is -2.13. The second-order valence-electron chi connectivity index (χ2n) is 4.46. The molecular weight excluding hydrogens is 272 g/mol. The third kappa shape index (κ3) is 3.77. The van der Waals surface area contributed by atoms with Crippen LogP contribution in [0.5, 0.6) is 11.8 Å². The van der Waals surface area contributed by atoms with Crippen molar-refractivity contribution in [2.75, 3.05) is 31.0 Å². The SMILES string of the molecule is CN(C)c1nc(NN)nc(Oc2ccccc2CCO)n1. The second kappa shape index (κ2) is 6.82.